The first-order chi connectivity index (χ1) is 14.8. The van der Waals surface area contributed by atoms with Gasteiger partial charge in [0.25, 0.3) is 0 Å². The summed E-state index contributed by atoms with van der Waals surface area (Å²) in [5.41, 5.74) is 3.23. The number of anilines is 2. The monoisotopic (exact) mass is 421 g/mol. The predicted molar refractivity (Wildman–Crippen MR) is 122 cm³/mol. The van der Waals surface area contributed by atoms with Gasteiger partial charge in [0.1, 0.15) is 12.1 Å². The average Bonchev–Trinajstić information content (AvgIpc) is 3.44. The van der Waals surface area contributed by atoms with E-state index in [4.69, 9.17) is 0 Å². The van der Waals surface area contributed by atoms with E-state index in [2.05, 4.69) is 37.6 Å². The van der Waals surface area contributed by atoms with Gasteiger partial charge >= 0.3 is 6.03 Å². The van der Waals surface area contributed by atoms with Gasteiger partial charge in [0.15, 0.2) is 0 Å². The van der Waals surface area contributed by atoms with Gasteiger partial charge in [0, 0.05) is 24.8 Å². The van der Waals surface area contributed by atoms with Crippen LogP contribution in [0.3, 0.4) is 0 Å². The quantitative estimate of drug-likeness (QED) is 0.612. The first kappa shape index (κ1) is 19.3. The lowest BCUT2D eigenvalue weighted by Crippen LogP contribution is -2.39. The largest absolute Gasteiger partial charge is 0.353 e. The van der Waals surface area contributed by atoms with Gasteiger partial charge < -0.3 is 15.5 Å². The van der Waals surface area contributed by atoms with Gasteiger partial charge in [0.05, 0.1) is 10.2 Å². The third-order valence-corrected chi connectivity index (χ3v) is 7.19. The SMILES string of the molecule is O=C(Nc1ccc(C2CCCCC2)cc1)NC1CCN(c2ncnc3ccsc23)C1. The number of carbonyl (C=O) groups excluding carboxylic acids is 1. The number of nitrogens with one attached hydrogen (secondary N) is 2. The molecule has 7 heteroatoms. The topological polar surface area (TPSA) is 70.2 Å². The van der Waals surface area contributed by atoms with Crippen molar-refractivity contribution in [3.8, 4) is 0 Å². The number of aromatic nitrogens is 2. The van der Waals surface area contributed by atoms with E-state index >= 15 is 0 Å². The molecule has 3 heterocycles. The van der Waals surface area contributed by atoms with Gasteiger partial charge in [-0.25, -0.2) is 14.8 Å². The van der Waals surface area contributed by atoms with Crippen LogP contribution in [-0.4, -0.2) is 35.1 Å². The number of carbonyl (C=O) groups is 1. The summed E-state index contributed by atoms with van der Waals surface area (Å²) in [6.45, 7) is 1.64. The normalized spacial score (nSPS) is 19.9. The van der Waals surface area contributed by atoms with Crippen molar-refractivity contribution in [1.82, 2.24) is 15.3 Å². The molecule has 1 atom stereocenters. The van der Waals surface area contributed by atoms with E-state index in [1.807, 2.05) is 23.6 Å². The lowest BCUT2D eigenvalue weighted by atomic mass is 9.84. The number of benzene rings is 1. The van der Waals surface area contributed by atoms with Gasteiger partial charge in [-0.2, -0.15) is 0 Å². The number of hydrogen-bond acceptors (Lipinski definition) is 5. The number of nitrogens with zero attached hydrogens (tertiary/aromatic N) is 3. The molecular weight excluding hydrogens is 394 g/mol. The maximum absolute atomic E-state index is 12.5. The van der Waals surface area contributed by atoms with Crippen molar-refractivity contribution >= 4 is 39.1 Å². The van der Waals surface area contributed by atoms with E-state index in [0.29, 0.717) is 5.92 Å². The van der Waals surface area contributed by atoms with Crippen molar-refractivity contribution in [2.24, 2.45) is 0 Å². The Balaban J connectivity index is 1.16. The van der Waals surface area contributed by atoms with Crippen LogP contribution in [0.1, 0.15) is 50.0 Å². The van der Waals surface area contributed by atoms with Crippen LogP contribution in [0.25, 0.3) is 10.2 Å². The van der Waals surface area contributed by atoms with Gasteiger partial charge in [-0.05, 0) is 54.3 Å². The second-order valence-corrected chi connectivity index (χ2v) is 9.24. The summed E-state index contributed by atoms with van der Waals surface area (Å²) in [5, 5.41) is 8.15. The molecule has 2 N–H and O–H groups in total. The number of amides is 2. The maximum atomic E-state index is 12.5. The Morgan fingerprint density at radius 1 is 1.03 bits per heavy atom. The lowest BCUT2D eigenvalue weighted by molar-refractivity contribution is 0.249. The molecule has 2 aliphatic rings. The first-order valence-corrected chi connectivity index (χ1v) is 11.7. The van der Waals surface area contributed by atoms with Crippen LogP contribution < -0.4 is 15.5 Å². The molecular formula is C23H27N5OS. The Hall–Kier alpha value is -2.67. The van der Waals surface area contributed by atoms with E-state index < -0.39 is 0 Å². The van der Waals surface area contributed by atoms with Crippen LogP contribution in [0.4, 0.5) is 16.3 Å². The van der Waals surface area contributed by atoms with E-state index in [0.717, 1.165) is 41.2 Å². The van der Waals surface area contributed by atoms with Crippen LogP contribution in [0.5, 0.6) is 0 Å². The summed E-state index contributed by atoms with van der Waals surface area (Å²) in [7, 11) is 0. The second kappa shape index (κ2) is 8.60. The molecule has 6 nitrogen and oxygen atoms in total. The number of hydrogen-bond donors (Lipinski definition) is 2. The van der Waals surface area contributed by atoms with Crippen LogP contribution in [0, 0.1) is 0 Å². The van der Waals surface area contributed by atoms with Crippen molar-refractivity contribution < 1.29 is 4.79 Å². The standard InChI is InChI=1S/C23H27N5OS/c29-23(26-18-8-6-17(7-9-18)16-4-2-1-3-5-16)27-19-10-12-28(14-19)22-21-20(11-13-30-21)24-15-25-22/h6-9,11,13,15-16,19H,1-5,10,12,14H2,(H2,26,27,29). The van der Waals surface area contributed by atoms with Gasteiger partial charge in [-0.3, -0.25) is 0 Å². The van der Waals surface area contributed by atoms with Crippen LogP contribution in [-0.2, 0) is 0 Å². The molecule has 30 heavy (non-hydrogen) atoms. The molecule has 2 amide bonds. The van der Waals surface area contributed by atoms with Crippen molar-refractivity contribution in [3.63, 3.8) is 0 Å². The van der Waals surface area contributed by atoms with E-state index in [-0.39, 0.29) is 12.1 Å². The third kappa shape index (κ3) is 4.12. The molecule has 1 aliphatic heterocycles. The Morgan fingerprint density at radius 2 is 1.87 bits per heavy atom. The highest BCUT2D eigenvalue weighted by Gasteiger charge is 2.26. The van der Waals surface area contributed by atoms with Gasteiger partial charge in [0.2, 0.25) is 0 Å². The van der Waals surface area contributed by atoms with Crippen molar-refractivity contribution in [3.05, 3.63) is 47.6 Å². The fraction of sp³-hybridized carbons (Fsp3) is 0.435. The molecule has 2 fully saturated rings. The summed E-state index contributed by atoms with van der Waals surface area (Å²) >= 11 is 1.66. The minimum Gasteiger partial charge on any atom is -0.353 e. The molecule has 1 saturated carbocycles. The van der Waals surface area contributed by atoms with E-state index in [1.54, 1.807) is 17.7 Å². The molecule has 1 saturated heterocycles. The Bertz CT molecular complexity index is 1010. The first-order valence-electron chi connectivity index (χ1n) is 10.9. The number of fused-ring (bicyclic) bond motifs is 1. The van der Waals surface area contributed by atoms with Crippen LogP contribution in [0.15, 0.2) is 42.0 Å². The predicted octanol–water partition coefficient (Wildman–Crippen LogP) is 5.14. The fourth-order valence-corrected chi connectivity index (χ4v) is 5.56. The number of rotatable bonds is 4. The second-order valence-electron chi connectivity index (χ2n) is 8.32. The lowest BCUT2D eigenvalue weighted by Gasteiger charge is -2.22. The van der Waals surface area contributed by atoms with E-state index in [1.165, 1.54) is 37.7 Å². The summed E-state index contributed by atoms with van der Waals surface area (Å²) in [6, 6.07) is 10.4. The van der Waals surface area contributed by atoms with Gasteiger partial charge in [-0.15, -0.1) is 11.3 Å². The van der Waals surface area contributed by atoms with E-state index in [9.17, 15) is 4.79 Å². The molecule has 0 bridgehead atoms. The zero-order chi connectivity index (χ0) is 20.3. The Kier molecular flexibility index (Phi) is 5.53. The van der Waals surface area contributed by atoms with Gasteiger partial charge in [-0.1, -0.05) is 31.4 Å². The average molecular weight is 422 g/mol. The minimum absolute atomic E-state index is 0.108. The highest BCUT2D eigenvalue weighted by atomic mass is 32.1. The summed E-state index contributed by atoms with van der Waals surface area (Å²) < 4.78 is 1.11. The highest BCUT2D eigenvalue weighted by Crippen LogP contribution is 2.33. The molecule has 1 aliphatic carbocycles. The maximum Gasteiger partial charge on any atom is 0.319 e. The zero-order valence-electron chi connectivity index (χ0n) is 17.0. The van der Waals surface area contributed by atoms with Crippen molar-refractivity contribution in [1.29, 1.82) is 0 Å². The number of thiophene rings is 1. The molecule has 0 radical (unpaired) electrons. The molecule has 5 rings (SSSR count). The highest BCUT2D eigenvalue weighted by molar-refractivity contribution is 7.17. The molecule has 2 aromatic heterocycles. The Morgan fingerprint density at radius 3 is 2.70 bits per heavy atom. The molecule has 156 valence electrons. The molecule has 0 spiro atoms. The molecule has 3 aromatic rings. The zero-order valence-corrected chi connectivity index (χ0v) is 17.8. The third-order valence-electron chi connectivity index (χ3n) is 6.29. The van der Waals surface area contributed by atoms with Crippen LogP contribution in [0.2, 0.25) is 0 Å². The summed E-state index contributed by atoms with van der Waals surface area (Å²) in [5.74, 6) is 1.65. The molecule has 1 aromatic carbocycles. The summed E-state index contributed by atoms with van der Waals surface area (Å²) in [4.78, 5) is 23.5. The van der Waals surface area contributed by atoms with Crippen molar-refractivity contribution in [2.45, 2.75) is 50.5 Å². The van der Waals surface area contributed by atoms with Crippen LogP contribution >= 0.6 is 11.3 Å². The summed E-state index contributed by atoms with van der Waals surface area (Å²) in [6.07, 6.45) is 9.13. The number of urea groups is 1. The van der Waals surface area contributed by atoms with Crippen molar-refractivity contribution in [2.75, 3.05) is 23.3 Å². The Labute approximate surface area is 180 Å². The fourth-order valence-electron chi connectivity index (χ4n) is 4.70. The molecule has 1 unspecified atom stereocenters. The smallest absolute Gasteiger partial charge is 0.319 e. The minimum atomic E-state index is -0.142.